The molecule has 28 heavy (non-hydrogen) atoms. The fraction of sp³-hybridized carbons (Fsp3) is 0.357. The number of fused-ring (bicyclic) bond motifs is 1. The molecule has 3 aromatic rings. The fourth-order valence-electron chi connectivity index (χ4n) is 4.75. The fourth-order valence-corrected chi connectivity index (χ4v) is 4.75. The summed E-state index contributed by atoms with van der Waals surface area (Å²) in [5.41, 5.74) is 5.56. The molecule has 0 aliphatic heterocycles. The number of rotatable bonds is 6. The molecular formula is C28H32. The zero-order valence-corrected chi connectivity index (χ0v) is 17.2. The molecule has 0 heteroatoms. The van der Waals surface area contributed by atoms with Gasteiger partial charge >= 0.3 is 0 Å². The summed E-state index contributed by atoms with van der Waals surface area (Å²) in [7, 11) is 0. The van der Waals surface area contributed by atoms with Gasteiger partial charge in [0.1, 0.15) is 0 Å². The van der Waals surface area contributed by atoms with Gasteiger partial charge in [-0.05, 0) is 89.5 Å². The van der Waals surface area contributed by atoms with Gasteiger partial charge in [0, 0.05) is 0 Å². The molecule has 144 valence electrons. The molecule has 0 radical (unpaired) electrons. The minimum absolute atomic E-state index is 0.766. The van der Waals surface area contributed by atoms with E-state index in [0.29, 0.717) is 0 Å². The minimum Gasteiger partial charge on any atom is -0.103 e. The van der Waals surface area contributed by atoms with Crippen LogP contribution in [-0.4, -0.2) is 0 Å². The first kappa shape index (κ1) is 19.0. The zero-order valence-electron chi connectivity index (χ0n) is 17.2. The summed E-state index contributed by atoms with van der Waals surface area (Å²) >= 11 is 0. The highest BCUT2D eigenvalue weighted by Gasteiger charge is 2.21. The Balaban J connectivity index is 1.50. The lowest BCUT2D eigenvalue weighted by atomic mass is 9.77. The predicted molar refractivity (Wildman–Crippen MR) is 123 cm³/mol. The molecule has 4 rings (SSSR count). The van der Waals surface area contributed by atoms with E-state index in [2.05, 4.69) is 74.2 Å². The summed E-state index contributed by atoms with van der Waals surface area (Å²) in [5.74, 6) is 1.73. The molecule has 1 fully saturated rings. The summed E-state index contributed by atoms with van der Waals surface area (Å²) in [6.45, 7) is 6.16. The Bertz CT molecular complexity index is 924. The summed E-state index contributed by atoms with van der Waals surface area (Å²) in [6, 6.07) is 23.1. The predicted octanol–water partition coefficient (Wildman–Crippen LogP) is 8.31. The molecule has 0 N–H and O–H groups in total. The van der Waals surface area contributed by atoms with Crippen molar-refractivity contribution in [1.82, 2.24) is 0 Å². The Morgan fingerprint density at radius 2 is 1.50 bits per heavy atom. The molecule has 0 spiro atoms. The van der Waals surface area contributed by atoms with E-state index in [9.17, 15) is 0 Å². The lowest BCUT2D eigenvalue weighted by Gasteiger charge is -2.28. The highest BCUT2D eigenvalue weighted by atomic mass is 14.3. The quantitative estimate of drug-likeness (QED) is 0.384. The van der Waals surface area contributed by atoms with E-state index in [1.807, 2.05) is 6.08 Å². The molecule has 0 heterocycles. The van der Waals surface area contributed by atoms with Gasteiger partial charge in [0.25, 0.3) is 0 Å². The second-order valence-corrected chi connectivity index (χ2v) is 8.47. The number of allylic oxidation sites excluding steroid dienone is 1. The van der Waals surface area contributed by atoms with Crippen LogP contribution in [-0.2, 0) is 6.42 Å². The van der Waals surface area contributed by atoms with Gasteiger partial charge in [0.15, 0.2) is 0 Å². The standard InChI is InChI=1S/C28H32/c1-3-5-6-22-9-12-28-20-27(18-17-26(28)19-22)25-15-13-24(14-16-25)23-10-7-21(4-2)8-11-23/h3,9,12-21,23H,1,4-8,10-11H2,2H3. The van der Waals surface area contributed by atoms with Gasteiger partial charge in [-0.1, -0.05) is 74.0 Å². The van der Waals surface area contributed by atoms with Crippen LogP contribution < -0.4 is 0 Å². The average Bonchev–Trinajstić information content (AvgIpc) is 2.77. The molecule has 0 atom stereocenters. The first-order chi connectivity index (χ1) is 13.8. The van der Waals surface area contributed by atoms with Crippen molar-refractivity contribution in [3.8, 4) is 11.1 Å². The number of hydrogen-bond acceptors (Lipinski definition) is 0. The second kappa shape index (κ2) is 8.78. The first-order valence-corrected chi connectivity index (χ1v) is 11.0. The highest BCUT2D eigenvalue weighted by molar-refractivity contribution is 5.87. The maximum atomic E-state index is 3.83. The molecule has 0 saturated heterocycles. The van der Waals surface area contributed by atoms with Crippen LogP contribution >= 0.6 is 0 Å². The van der Waals surface area contributed by atoms with E-state index >= 15 is 0 Å². The SMILES string of the molecule is C=CCCc1ccc2cc(-c3ccc(C4CCC(CC)CC4)cc3)ccc2c1. The third-order valence-corrected chi connectivity index (χ3v) is 6.68. The topological polar surface area (TPSA) is 0 Å². The maximum absolute atomic E-state index is 3.83. The van der Waals surface area contributed by atoms with Crippen LogP contribution in [0, 0.1) is 5.92 Å². The molecule has 0 unspecified atom stereocenters. The maximum Gasteiger partial charge on any atom is -0.0162 e. The molecule has 0 amide bonds. The molecular weight excluding hydrogens is 336 g/mol. The van der Waals surface area contributed by atoms with Gasteiger partial charge in [-0.3, -0.25) is 0 Å². The van der Waals surface area contributed by atoms with Gasteiger partial charge in [-0.15, -0.1) is 6.58 Å². The highest BCUT2D eigenvalue weighted by Crippen LogP contribution is 2.37. The van der Waals surface area contributed by atoms with Crippen LogP contribution in [0.4, 0.5) is 0 Å². The van der Waals surface area contributed by atoms with Gasteiger partial charge in [0.05, 0.1) is 0 Å². The van der Waals surface area contributed by atoms with Gasteiger partial charge in [-0.2, -0.15) is 0 Å². The molecule has 3 aromatic carbocycles. The van der Waals surface area contributed by atoms with Gasteiger partial charge < -0.3 is 0 Å². The Morgan fingerprint density at radius 1 is 0.821 bits per heavy atom. The molecule has 1 aliphatic rings. The van der Waals surface area contributed by atoms with E-state index in [0.717, 1.165) is 24.7 Å². The normalized spacial score (nSPS) is 19.6. The number of hydrogen-bond donors (Lipinski definition) is 0. The van der Waals surface area contributed by atoms with Crippen LogP contribution in [0.1, 0.15) is 62.5 Å². The lowest BCUT2D eigenvalue weighted by molar-refractivity contribution is 0.319. The van der Waals surface area contributed by atoms with Crippen molar-refractivity contribution in [2.45, 2.75) is 57.8 Å². The van der Waals surface area contributed by atoms with Crippen LogP contribution in [0.3, 0.4) is 0 Å². The molecule has 0 bridgehead atoms. The van der Waals surface area contributed by atoms with Crippen LogP contribution in [0.5, 0.6) is 0 Å². The summed E-state index contributed by atoms with van der Waals surface area (Å²) in [6.07, 6.45) is 11.0. The zero-order chi connectivity index (χ0) is 19.3. The number of benzene rings is 3. The van der Waals surface area contributed by atoms with Crippen molar-refractivity contribution in [3.63, 3.8) is 0 Å². The first-order valence-electron chi connectivity index (χ1n) is 11.0. The minimum atomic E-state index is 0.766. The van der Waals surface area contributed by atoms with E-state index in [4.69, 9.17) is 0 Å². The van der Waals surface area contributed by atoms with E-state index in [-0.39, 0.29) is 0 Å². The Kier molecular flexibility index (Phi) is 5.95. The van der Waals surface area contributed by atoms with Crippen molar-refractivity contribution >= 4 is 10.8 Å². The lowest BCUT2D eigenvalue weighted by Crippen LogP contribution is -2.12. The van der Waals surface area contributed by atoms with E-state index < -0.39 is 0 Å². The van der Waals surface area contributed by atoms with Crippen molar-refractivity contribution in [2.75, 3.05) is 0 Å². The Hall–Kier alpha value is -2.34. The van der Waals surface area contributed by atoms with Crippen molar-refractivity contribution in [3.05, 3.63) is 84.4 Å². The largest absolute Gasteiger partial charge is 0.103 e. The monoisotopic (exact) mass is 368 g/mol. The average molecular weight is 369 g/mol. The molecule has 1 aliphatic carbocycles. The molecule has 0 aromatic heterocycles. The van der Waals surface area contributed by atoms with Gasteiger partial charge in [-0.25, -0.2) is 0 Å². The van der Waals surface area contributed by atoms with Crippen molar-refractivity contribution < 1.29 is 0 Å². The van der Waals surface area contributed by atoms with E-state index in [1.165, 1.54) is 65.1 Å². The third kappa shape index (κ3) is 4.22. The molecule has 0 nitrogen and oxygen atoms in total. The second-order valence-electron chi connectivity index (χ2n) is 8.47. The smallest absolute Gasteiger partial charge is 0.0162 e. The van der Waals surface area contributed by atoms with Crippen molar-refractivity contribution in [1.29, 1.82) is 0 Å². The van der Waals surface area contributed by atoms with Crippen LogP contribution in [0.15, 0.2) is 73.3 Å². The van der Waals surface area contributed by atoms with Crippen LogP contribution in [0.25, 0.3) is 21.9 Å². The number of aryl methyl sites for hydroxylation is 1. The third-order valence-electron chi connectivity index (χ3n) is 6.68. The molecule has 1 saturated carbocycles. The Labute approximate surface area is 170 Å². The summed E-state index contributed by atoms with van der Waals surface area (Å²) in [4.78, 5) is 0. The van der Waals surface area contributed by atoms with E-state index in [1.54, 1.807) is 0 Å². The Morgan fingerprint density at radius 3 is 2.21 bits per heavy atom. The van der Waals surface area contributed by atoms with Gasteiger partial charge in [0.2, 0.25) is 0 Å². The van der Waals surface area contributed by atoms with Crippen molar-refractivity contribution in [2.24, 2.45) is 5.92 Å². The van der Waals surface area contributed by atoms with Crippen LogP contribution in [0.2, 0.25) is 0 Å². The summed E-state index contributed by atoms with van der Waals surface area (Å²) < 4.78 is 0. The summed E-state index contributed by atoms with van der Waals surface area (Å²) in [5, 5.41) is 2.65.